The Kier molecular flexibility index (Phi) is 6.09. The van der Waals surface area contributed by atoms with Crippen LogP contribution < -0.4 is 16.2 Å². The fraction of sp³-hybridized carbons (Fsp3) is 0.357. The highest BCUT2D eigenvalue weighted by molar-refractivity contribution is 7.99. The lowest BCUT2D eigenvalue weighted by Gasteiger charge is -2.07. The summed E-state index contributed by atoms with van der Waals surface area (Å²) >= 11 is 7.25. The van der Waals surface area contributed by atoms with E-state index in [1.165, 1.54) is 11.8 Å². The molecule has 0 saturated heterocycles. The van der Waals surface area contributed by atoms with E-state index in [2.05, 4.69) is 16.2 Å². The van der Waals surface area contributed by atoms with E-state index in [1.807, 2.05) is 18.2 Å². The Morgan fingerprint density at radius 2 is 1.95 bits per heavy atom. The van der Waals surface area contributed by atoms with Crippen molar-refractivity contribution in [1.82, 2.24) is 16.2 Å². The molecule has 0 radical (unpaired) electrons. The third-order valence-corrected chi connectivity index (χ3v) is 4.06. The number of rotatable bonds is 5. The summed E-state index contributed by atoms with van der Waals surface area (Å²) in [6.45, 7) is 0. The molecule has 0 heterocycles. The van der Waals surface area contributed by atoms with Crippen LogP contribution in [0.4, 0.5) is 0 Å². The molecular formula is C14H16ClN3O3S. The van der Waals surface area contributed by atoms with Crippen LogP contribution in [0.25, 0.3) is 0 Å². The van der Waals surface area contributed by atoms with Gasteiger partial charge in [-0.05, 0) is 30.5 Å². The molecule has 0 atom stereocenters. The van der Waals surface area contributed by atoms with Crippen molar-refractivity contribution in [3.8, 4) is 0 Å². The lowest BCUT2D eigenvalue weighted by atomic mass is 10.2. The smallest absolute Gasteiger partial charge is 0.327 e. The molecule has 3 N–H and O–H groups in total. The van der Waals surface area contributed by atoms with Crippen molar-refractivity contribution in [2.45, 2.75) is 24.6 Å². The number of halogens is 1. The molecule has 0 unspecified atom stereocenters. The fourth-order valence-electron chi connectivity index (χ4n) is 1.59. The molecule has 0 aliphatic heterocycles. The maximum absolute atomic E-state index is 11.6. The van der Waals surface area contributed by atoms with Gasteiger partial charge in [-0.25, -0.2) is 0 Å². The highest BCUT2D eigenvalue weighted by atomic mass is 35.5. The van der Waals surface area contributed by atoms with Crippen molar-refractivity contribution in [3.05, 3.63) is 34.9 Å². The number of carbonyl (C=O) groups is 3. The van der Waals surface area contributed by atoms with E-state index in [1.54, 1.807) is 6.07 Å². The van der Waals surface area contributed by atoms with E-state index in [-0.39, 0.29) is 17.7 Å². The SMILES string of the molecule is O=C(CSCc1cccc(Cl)c1)NNC(=O)C(=O)NC1CC1. The number of benzene rings is 1. The summed E-state index contributed by atoms with van der Waals surface area (Å²) in [5, 5.41) is 3.18. The van der Waals surface area contributed by atoms with Gasteiger partial charge in [-0.15, -0.1) is 11.8 Å². The summed E-state index contributed by atoms with van der Waals surface area (Å²) in [6.07, 6.45) is 1.79. The summed E-state index contributed by atoms with van der Waals surface area (Å²) < 4.78 is 0. The lowest BCUT2D eigenvalue weighted by Crippen LogP contribution is -2.49. The van der Waals surface area contributed by atoms with Crippen LogP contribution in [0.2, 0.25) is 5.02 Å². The van der Waals surface area contributed by atoms with Crippen molar-refractivity contribution in [1.29, 1.82) is 0 Å². The second kappa shape index (κ2) is 8.05. The van der Waals surface area contributed by atoms with Gasteiger partial charge in [-0.2, -0.15) is 0 Å². The number of hydrogen-bond donors (Lipinski definition) is 3. The molecule has 6 nitrogen and oxygen atoms in total. The third-order valence-electron chi connectivity index (χ3n) is 2.83. The quantitative estimate of drug-likeness (QED) is 0.551. The van der Waals surface area contributed by atoms with E-state index in [4.69, 9.17) is 11.6 Å². The van der Waals surface area contributed by atoms with Crippen molar-refractivity contribution in [3.63, 3.8) is 0 Å². The number of thioether (sulfide) groups is 1. The highest BCUT2D eigenvalue weighted by Gasteiger charge is 2.26. The molecule has 0 spiro atoms. The van der Waals surface area contributed by atoms with Crippen LogP contribution in [0.15, 0.2) is 24.3 Å². The van der Waals surface area contributed by atoms with Crippen molar-refractivity contribution < 1.29 is 14.4 Å². The van der Waals surface area contributed by atoms with Crippen LogP contribution in [-0.4, -0.2) is 29.5 Å². The molecule has 118 valence electrons. The van der Waals surface area contributed by atoms with E-state index in [9.17, 15) is 14.4 Å². The zero-order valence-corrected chi connectivity index (χ0v) is 13.3. The minimum Gasteiger partial charge on any atom is -0.345 e. The minimum atomic E-state index is -0.861. The molecule has 22 heavy (non-hydrogen) atoms. The van der Waals surface area contributed by atoms with Crippen LogP contribution >= 0.6 is 23.4 Å². The second-order valence-corrected chi connectivity index (χ2v) is 6.29. The van der Waals surface area contributed by atoms with E-state index >= 15 is 0 Å². The first-order valence-corrected chi connectivity index (χ1v) is 8.30. The van der Waals surface area contributed by atoms with Gasteiger partial charge in [0.25, 0.3) is 0 Å². The topological polar surface area (TPSA) is 87.3 Å². The van der Waals surface area contributed by atoms with Gasteiger partial charge < -0.3 is 5.32 Å². The summed E-state index contributed by atoms with van der Waals surface area (Å²) in [5.41, 5.74) is 5.31. The predicted octanol–water partition coefficient (Wildman–Crippen LogP) is 0.999. The van der Waals surface area contributed by atoms with Crippen LogP contribution in [0, 0.1) is 0 Å². The molecule has 0 aromatic heterocycles. The molecule has 1 fully saturated rings. The zero-order valence-electron chi connectivity index (χ0n) is 11.7. The Morgan fingerprint density at radius 3 is 2.64 bits per heavy atom. The van der Waals surface area contributed by atoms with E-state index < -0.39 is 11.8 Å². The van der Waals surface area contributed by atoms with Gasteiger partial charge in [0.15, 0.2) is 0 Å². The van der Waals surface area contributed by atoms with Gasteiger partial charge in [0.1, 0.15) is 0 Å². The molecule has 0 bridgehead atoms. The molecule has 1 aliphatic carbocycles. The molecule has 1 aromatic carbocycles. The molecule has 1 aliphatic rings. The maximum Gasteiger partial charge on any atom is 0.327 e. The normalized spacial score (nSPS) is 13.3. The van der Waals surface area contributed by atoms with Gasteiger partial charge in [0.2, 0.25) is 5.91 Å². The maximum atomic E-state index is 11.6. The molecule has 3 amide bonds. The average molecular weight is 342 g/mol. The first-order chi connectivity index (χ1) is 10.5. The Labute approximate surface area is 137 Å². The van der Waals surface area contributed by atoms with Gasteiger partial charge in [0, 0.05) is 16.8 Å². The average Bonchev–Trinajstić information content (AvgIpc) is 3.28. The molecule has 8 heteroatoms. The Hall–Kier alpha value is -1.73. The minimum absolute atomic E-state index is 0.0993. The Morgan fingerprint density at radius 1 is 1.18 bits per heavy atom. The van der Waals surface area contributed by atoms with E-state index in [0.717, 1.165) is 18.4 Å². The summed E-state index contributed by atoms with van der Waals surface area (Å²) in [7, 11) is 0. The first kappa shape index (κ1) is 16.6. The van der Waals surface area contributed by atoms with Gasteiger partial charge in [-0.1, -0.05) is 23.7 Å². The molecule has 1 saturated carbocycles. The van der Waals surface area contributed by atoms with Crippen LogP contribution in [0.3, 0.4) is 0 Å². The second-order valence-electron chi connectivity index (χ2n) is 4.87. The van der Waals surface area contributed by atoms with Gasteiger partial charge in [-0.3, -0.25) is 25.2 Å². The van der Waals surface area contributed by atoms with Crippen LogP contribution in [0.5, 0.6) is 0 Å². The van der Waals surface area contributed by atoms with Crippen molar-refractivity contribution in [2.24, 2.45) is 0 Å². The number of hydrogen-bond acceptors (Lipinski definition) is 4. The van der Waals surface area contributed by atoms with Gasteiger partial charge in [0.05, 0.1) is 5.75 Å². The number of hydrazine groups is 1. The van der Waals surface area contributed by atoms with Crippen molar-refractivity contribution in [2.75, 3.05) is 5.75 Å². The van der Waals surface area contributed by atoms with Gasteiger partial charge >= 0.3 is 11.8 Å². The molecule has 2 rings (SSSR count). The standard InChI is InChI=1S/C14H16ClN3O3S/c15-10-3-1-2-9(6-10)7-22-8-12(19)17-18-14(21)13(20)16-11-4-5-11/h1-3,6,11H,4-5,7-8H2,(H,16,20)(H,17,19)(H,18,21). The summed E-state index contributed by atoms with van der Waals surface area (Å²) in [5.74, 6) is -1.17. The summed E-state index contributed by atoms with van der Waals surface area (Å²) in [4.78, 5) is 34.3. The Balaban J connectivity index is 1.61. The number of nitrogens with one attached hydrogen (secondary N) is 3. The molecule has 1 aromatic rings. The predicted molar refractivity (Wildman–Crippen MR) is 85.1 cm³/mol. The Bertz CT molecular complexity index is 578. The lowest BCUT2D eigenvalue weighted by molar-refractivity contribution is -0.140. The third kappa shape index (κ3) is 5.95. The van der Waals surface area contributed by atoms with E-state index in [0.29, 0.717) is 10.8 Å². The number of carbonyl (C=O) groups excluding carboxylic acids is 3. The van der Waals surface area contributed by atoms with Crippen molar-refractivity contribution >= 4 is 41.1 Å². The summed E-state index contributed by atoms with van der Waals surface area (Å²) in [6, 6.07) is 7.47. The first-order valence-electron chi connectivity index (χ1n) is 6.76. The zero-order chi connectivity index (χ0) is 15.9. The fourth-order valence-corrected chi connectivity index (χ4v) is 2.57. The molecular weight excluding hydrogens is 326 g/mol. The number of amides is 3. The largest absolute Gasteiger partial charge is 0.345 e. The highest BCUT2D eigenvalue weighted by Crippen LogP contribution is 2.18. The monoisotopic (exact) mass is 341 g/mol. The van der Waals surface area contributed by atoms with Crippen LogP contribution in [-0.2, 0) is 20.1 Å². The van der Waals surface area contributed by atoms with Crippen LogP contribution in [0.1, 0.15) is 18.4 Å².